The fourth-order valence-corrected chi connectivity index (χ4v) is 2.43. The normalized spacial score (nSPS) is 15.7. The van der Waals surface area contributed by atoms with E-state index in [9.17, 15) is 4.79 Å². The average Bonchev–Trinajstić information content (AvgIpc) is 2.37. The number of nitrogens with one attached hydrogen (secondary N) is 1. The number of rotatable bonds is 3. The molecule has 0 atom stereocenters. The van der Waals surface area contributed by atoms with Crippen molar-refractivity contribution < 1.29 is 4.79 Å². The first-order valence-electron chi connectivity index (χ1n) is 6.03. The van der Waals surface area contributed by atoms with Gasteiger partial charge in [0.1, 0.15) is 0 Å². The second-order valence-corrected chi connectivity index (χ2v) is 5.22. The van der Waals surface area contributed by atoms with Crippen LogP contribution in [0.2, 0.25) is 0 Å². The Morgan fingerprint density at radius 1 is 1.29 bits per heavy atom. The van der Waals surface area contributed by atoms with Gasteiger partial charge in [-0.05, 0) is 37.5 Å². The van der Waals surface area contributed by atoms with Gasteiger partial charge in [0.05, 0.1) is 6.54 Å². The van der Waals surface area contributed by atoms with Gasteiger partial charge >= 0.3 is 0 Å². The van der Waals surface area contributed by atoms with Gasteiger partial charge in [0.15, 0.2) is 0 Å². The van der Waals surface area contributed by atoms with Gasteiger partial charge in [0.2, 0.25) is 5.91 Å². The number of hydrogen-bond acceptors (Lipinski definition) is 2. The maximum atomic E-state index is 11.9. The summed E-state index contributed by atoms with van der Waals surface area (Å²) < 4.78 is 1.02. The molecule has 1 amide bonds. The van der Waals surface area contributed by atoms with Crippen molar-refractivity contribution in [3.63, 3.8) is 0 Å². The minimum atomic E-state index is 0.199. The number of nitrogens with zero attached hydrogens (tertiary/aromatic N) is 1. The zero-order chi connectivity index (χ0) is 12.1. The van der Waals surface area contributed by atoms with Gasteiger partial charge in [-0.3, -0.25) is 4.79 Å². The molecule has 4 heteroatoms. The highest BCUT2D eigenvalue weighted by Crippen LogP contribution is 2.15. The summed E-state index contributed by atoms with van der Waals surface area (Å²) >= 11 is 3.41. The summed E-state index contributed by atoms with van der Waals surface area (Å²) in [5.74, 6) is 0.199. The van der Waals surface area contributed by atoms with Gasteiger partial charge in [-0.25, -0.2) is 0 Å². The highest BCUT2D eigenvalue weighted by Gasteiger charge is 2.15. The largest absolute Gasteiger partial charge is 0.376 e. The van der Waals surface area contributed by atoms with Crippen LogP contribution >= 0.6 is 15.9 Å². The summed E-state index contributed by atoms with van der Waals surface area (Å²) in [5, 5.41) is 3.16. The molecule has 1 N–H and O–H groups in total. The van der Waals surface area contributed by atoms with Crippen LogP contribution in [0.4, 0.5) is 5.69 Å². The molecule has 0 radical (unpaired) electrons. The van der Waals surface area contributed by atoms with Gasteiger partial charge in [-0.15, -0.1) is 0 Å². The van der Waals surface area contributed by atoms with Crippen molar-refractivity contribution in [1.29, 1.82) is 0 Å². The van der Waals surface area contributed by atoms with E-state index in [1.165, 1.54) is 6.42 Å². The summed E-state index contributed by atoms with van der Waals surface area (Å²) in [7, 11) is 0. The van der Waals surface area contributed by atoms with Crippen molar-refractivity contribution in [3.05, 3.63) is 28.7 Å². The van der Waals surface area contributed by atoms with Crippen molar-refractivity contribution in [1.82, 2.24) is 4.90 Å². The van der Waals surface area contributed by atoms with Crippen LogP contribution in [0.5, 0.6) is 0 Å². The average molecular weight is 297 g/mol. The van der Waals surface area contributed by atoms with Gasteiger partial charge in [0.25, 0.3) is 0 Å². The fraction of sp³-hybridized carbons (Fsp3) is 0.462. The standard InChI is InChI=1S/C13H17BrN2O/c14-11-5-4-6-12(9-11)15-10-13(17)16-7-2-1-3-8-16/h4-6,9,15H,1-3,7-8,10H2. The number of likely N-dealkylation sites (tertiary alicyclic amines) is 1. The third-order valence-electron chi connectivity index (χ3n) is 2.98. The first-order valence-corrected chi connectivity index (χ1v) is 6.82. The smallest absolute Gasteiger partial charge is 0.241 e. The molecular formula is C13H17BrN2O. The number of piperidine rings is 1. The summed E-state index contributed by atoms with van der Waals surface area (Å²) in [5.41, 5.74) is 0.977. The van der Waals surface area contributed by atoms with E-state index in [-0.39, 0.29) is 5.91 Å². The van der Waals surface area contributed by atoms with Gasteiger partial charge in [-0.2, -0.15) is 0 Å². The molecule has 92 valence electrons. The van der Waals surface area contributed by atoms with Crippen LogP contribution < -0.4 is 5.32 Å². The summed E-state index contributed by atoms with van der Waals surface area (Å²) in [6.45, 7) is 2.22. The van der Waals surface area contributed by atoms with Crippen molar-refractivity contribution in [2.75, 3.05) is 25.0 Å². The maximum Gasteiger partial charge on any atom is 0.241 e. The number of amides is 1. The first-order chi connectivity index (χ1) is 8.25. The molecule has 0 aromatic heterocycles. The van der Waals surface area contributed by atoms with Crippen molar-refractivity contribution in [2.24, 2.45) is 0 Å². The summed E-state index contributed by atoms with van der Waals surface area (Å²) in [6, 6.07) is 7.87. The zero-order valence-electron chi connectivity index (χ0n) is 9.79. The quantitative estimate of drug-likeness (QED) is 0.930. The van der Waals surface area contributed by atoms with E-state index in [1.54, 1.807) is 0 Å². The van der Waals surface area contributed by atoms with Crippen LogP contribution in [0.1, 0.15) is 19.3 Å². The Morgan fingerprint density at radius 2 is 2.06 bits per heavy atom. The number of anilines is 1. The Morgan fingerprint density at radius 3 is 2.76 bits per heavy atom. The molecule has 0 unspecified atom stereocenters. The van der Waals surface area contributed by atoms with Crippen LogP contribution in [-0.2, 0) is 4.79 Å². The minimum Gasteiger partial charge on any atom is -0.376 e. The maximum absolute atomic E-state index is 11.9. The monoisotopic (exact) mass is 296 g/mol. The number of carbonyl (C=O) groups is 1. The molecule has 0 aliphatic carbocycles. The summed E-state index contributed by atoms with van der Waals surface area (Å²) in [4.78, 5) is 13.9. The molecule has 1 aromatic rings. The molecule has 0 bridgehead atoms. The Balaban J connectivity index is 1.83. The van der Waals surface area contributed by atoms with Crippen molar-refractivity contribution in [3.8, 4) is 0 Å². The number of halogens is 1. The number of hydrogen-bond donors (Lipinski definition) is 1. The van der Waals surface area contributed by atoms with E-state index in [2.05, 4.69) is 21.2 Å². The first kappa shape index (κ1) is 12.4. The van der Waals surface area contributed by atoms with E-state index in [1.807, 2.05) is 29.2 Å². The highest BCUT2D eigenvalue weighted by molar-refractivity contribution is 9.10. The second kappa shape index (κ2) is 6.05. The minimum absolute atomic E-state index is 0.199. The predicted octanol–water partition coefficient (Wildman–Crippen LogP) is 2.87. The van der Waals surface area contributed by atoms with E-state index in [0.717, 1.165) is 36.1 Å². The lowest BCUT2D eigenvalue weighted by atomic mass is 10.1. The molecule has 1 saturated heterocycles. The Labute approximate surface area is 110 Å². The molecule has 0 saturated carbocycles. The number of benzene rings is 1. The molecule has 1 fully saturated rings. The van der Waals surface area contributed by atoms with Gasteiger partial charge in [0, 0.05) is 23.2 Å². The summed E-state index contributed by atoms with van der Waals surface area (Å²) in [6.07, 6.45) is 3.54. The third kappa shape index (κ3) is 3.73. The Bertz CT molecular complexity index is 389. The van der Waals surface area contributed by atoms with Crippen molar-refractivity contribution >= 4 is 27.5 Å². The SMILES string of the molecule is O=C(CNc1cccc(Br)c1)N1CCCCC1. The van der Waals surface area contributed by atoms with E-state index < -0.39 is 0 Å². The predicted molar refractivity (Wildman–Crippen MR) is 73.1 cm³/mol. The van der Waals surface area contributed by atoms with E-state index in [0.29, 0.717) is 6.54 Å². The molecule has 1 aromatic carbocycles. The fourth-order valence-electron chi connectivity index (χ4n) is 2.03. The Kier molecular flexibility index (Phi) is 4.42. The molecule has 2 rings (SSSR count). The number of carbonyl (C=O) groups excluding carboxylic acids is 1. The van der Waals surface area contributed by atoms with Crippen LogP contribution in [-0.4, -0.2) is 30.4 Å². The van der Waals surface area contributed by atoms with Gasteiger partial charge in [-0.1, -0.05) is 22.0 Å². The molecule has 1 aliphatic heterocycles. The van der Waals surface area contributed by atoms with Crippen LogP contribution in [0.3, 0.4) is 0 Å². The molecule has 1 heterocycles. The lowest BCUT2D eigenvalue weighted by molar-refractivity contribution is -0.130. The van der Waals surface area contributed by atoms with Crippen molar-refractivity contribution in [2.45, 2.75) is 19.3 Å². The molecule has 3 nitrogen and oxygen atoms in total. The third-order valence-corrected chi connectivity index (χ3v) is 3.47. The topological polar surface area (TPSA) is 32.3 Å². The lowest BCUT2D eigenvalue weighted by Gasteiger charge is -2.26. The molecule has 0 spiro atoms. The zero-order valence-corrected chi connectivity index (χ0v) is 11.4. The highest BCUT2D eigenvalue weighted by atomic mass is 79.9. The Hall–Kier alpha value is -1.03. The van der Waals surface area contributed by atoms with Crippen LogP contribution in [0.25, 0.3) is 0 Å². The lowest BCUT2D eigenvalue weighted by Crippen LogP contribution is -2.39. The molecular weight excluding hydrogens is 280 g/mol. The van der Waals surface area contributed by atoms with Crippen LogP contribution in [0.15, 0.2) is 28.7 Å². The van der Waals surface area contributed by atoms with Crippen LogP contribution in [0, 0.1) is 0 Å². The van der Waals surface area contributed by atoms with E-state index >= 15 is 0 Å². The second-order valence-electron chi connectivity index (χ2n) is 4.31. The molecule has 1 aliphatic rings. The molecule has 17 heavy (non-hydrogen) atoms. The van der Waals surface area contributed by atoms with E-state index in [4.69, 9.17) is 0 Å². The van der Waals surface area contributed by atoms with Gasteiger partial charge < -0.3 is 10.2 Å².